The van der Waals surface area contributed by atoms with Gasteiger partial charge in [0, 0.05) is 11.5 Å². The molecule has 1 fully saturated rings. The highest BCUT2D eigenvalue weighted by molar-refractivity contribution is 7.88. The van der Waals surface area contributed by atoms with Crippen LogP contribution in [0.3, 0.4) is 0 Å². The number of rotatable bonds is 5. The topological polar surface area (TPSA) is 122 Å². The molecule has 2 aliphatic rings. The Morgan fingerprint density at radius 1 is 1.43 bits per heavy atom. The number of sulfonamides is 1. The van der Waals surface area contributed by atoms with Crippen molar-refractivity contribution in [2.75, 3.05) is 6.26 Å². The summed E-state index contributed by atoms with van der Waals surface area (Å²) in [5, 5.41) is 19.2. The molecule has 1 saturated carbocycles. The van der Waals surface area contributed by atoms with Crippen LogP contribution in [0.5, 0.6) is 11.5 Å². The predicted molar refractivity (Wildman–Crippen MR) is 78.6 cm³/mol. The Bertz CT molecular complexity index is 747. The summed E-state index contributed by atoms with van der Waals surface area (Å²) in [6.07, 6.45) is 3.64. The van der Waals surface area contributed by atoms with Gasteiger partial charge in [-0.1, -0.05) is 12.1 Å². The lowest BCUT2D eigenvalue weighted by molar-refractivity contribution is -0.197. The van der Waals surface area contributed by atoms with Crippen LogP contribution >= 0.6 is 0 Å². The monoisotopic (exact) mass is 343 g/mol. The van der Waals surface area contributed by atoms with E-state index in [9.17, 15) is 18.3 Å². The van der Waals surface area contributed by atoms with Crippen LogP contribution in [-0.2, 0) is 14.8 Å². The van der Waals surface area contributed by atoms with Crippen LogP contribution in [0.15, 0.2) is 18.2 Å². The zero-order valence-electron chi connectivity index (χ0n) is 12.4. The SMILES string of the molecule is CS(=O)(=O)NC(O)(Oc1cccc2c1OC1CCCC21)C(=O)O. The Hall–Kier alpha value is -1.84. The smallest absolute Gasteiger partial charge is 0.395 e. The minimum absolute atomic E-state index is 0.00976. The Morgan fingerprint density at radius 2 is 2.17 bits per heavy atom. The molecule has 1 aliphatic heterocycles. The molecule has 1 aromatic carbocycles. The summed E-state index contributed by atoms with van der Waals surface area (Å²) in [5.41, 5.74) is 0.886. The first-order valence-corrected chi connectivity index (χ1v) is 9.02. The highest BCUT2D eigenvalue weighted by atomic mass is 32.2. The van der Waals surface area contributed by atoms with Crippen LogP contribution in [0.2, 0.25) is 0 Å². The third-order valence-electron chi connectivity index (χ3n) is 4.00. The molecule has 1 aliphatic carbocycles. The third-order valence-corrected chi connectivity index (χ3v) is 4.65. The van der Waals surface area contributed by atoms with Crippen LogP contribution in [0.1, 0.15) is 30.7 Å². The van der Waals surface area contributed by atoms with Crippen molar-refractivity contribution in [1.29, 1.82) is 0 Å². The minimum Gasteiger partial charge on any atom is -0.486 e. The van der Waals surface area contributed by atoms with Gasteiger partial charge < -0.3 is 19.7 Å². The van der Waals surface area contributed by atoms with Crippen molar-refractivity contribution in [3.63, 3.8) is 0 Å². The number of ether oxygens (including phenoxy) is 2. The molecule has 126 valence electrons. The van der Waals surface area contributed by atoms with E-state index >= 15 is 0 Å². The van der Waals surface area contributed by atoms with Gasteiger partial charge in [0.2, 0.25) is 10.0 Å². The summed E-state index contributed by atoms with van der Waals surface area (Å²) < 4.78 is 35.1. The zero-order valence-corrected chi connectivity index (χ0v) is 13.2. The number of fused-ring (bicyclic) bond motifs is 3. The van der Waals surface area contributed by atoms with Gasteiger partial charge in [0.15, 0.2) is 11.5 Å². The molecule has 3 rings (SSSR count). The van der Waals surface area contributed by atoms with E-state index in [0.717, 1.165) is 31.1 Å². The molecule has 0 saturated heterocycles. The normalized spacial score (nSPS) is 25.1. The molecule has 3 atom stereocenters. The number of carbonyl (C=O) groups is 1. The fraction of sp³-hybridized carbons (Fsp3) is 0.500. The van der Waals surface area contributed by atoms with Crippen molar-refractivity contribution >= 4 is 16.0 Å². The lowest BCUT2D eigenvalue weighted by Crippen LogP contribution is -2.58. The fourth-order valence-electron chi connectivity index (χ4n) is 3.12. The molecule has 0 bridgehead atoms. The standard InChI is InChI=1S/C14H17NO7S/c1-23(19,20)15-14(18,13(16)17)22-11-7-3-5-9-8-4-2-6-10(8)21-12(9)11/h3,5,7-8,10,15,18H,2,4,6H2,1H3,(H,16,17). The van der Waals surface area contributed by atoms with E-state index in [1.807, 2.05) is 6.07 Å². The first-order valence-electron chi connectivity index (χ1n) is 7.13. The molecule has 8 nitrogen and oxygen atoms in total. The summed E-state index contributed by atoms with van der Waals surface area (Å²) in [6, 6.07) is 4.95. The Labute approximate surface area is 133 Å². The second kappa shape index (κ2) is 5.36. The molecule has 3 unspecified atom stereocenters. The molecule has 1 aromatic rings. The number of para-hydroxylation sites is 1. The van der Waals surface area contributed by atoms with Crippen molar-refractivity contribution < 1.29 is 32.9 Å². The number of nitrogens with one attached hydrogen (secondary N) is 1. The summed E-state index contributed by atoms with van der Waals surface area (Å²) in [5.74, 6) is -4.42. The molecule has 3 N–H and O–H groups in total. The lowest BCUT2D eigenvalue weighted by Gasteiger charge is -2.25. The van der Waals surface area contributed by atoms with Crippen LogP contribution in [0.4, 0.5) is 0 Å². The molecule has 0 radical (unpaired) electrons. The molecular weight excluding hydrogens is 326 g/mol. The molecule has 9 heteroatoms. The van der Waals surface area contributed by atoms with Crippen molar-refractivity contribution in [1.82, 2.24) is 4.72 Å². The predicted octanol–water partition coefficient (Wildman–Crippen LogP) is 0.374. The number of aliphatic hydroxyl groups is 1. The van der Waals surface area contributed by atoms with Gasteiger partial charge in [0.25, 0.3) is 0 Å². The maximum Gasteiger partial charge on any atom is 0.395 e. The number of hydrogen-bond acceptors (Lipinski definition) is 6. The van der Waals surface area contributed by atoms with E-state index in [0.29, 0.717) is 5.75 Å². The van der Waals surface area contributed by atoms with Crippen molar-refractivity contribution in [3.8, 4) is 11.5 Å². The Balaban J connectivity index is 1.94. The van der Waals surface area contributed by atoms with Gasteiger partial charge in [-0.15, -0.1) is 4.72 Å². The second-order valence-electron chi connectivity index (χ2n) is 5.79. The summed E-state index contributed by atoms with van der Waals surface area (Å²) in [4.78, 5) is 11.3. The molecule has 0 spiro atoms. The molecular formula is C14H17NO7S. The third kappa shape index (κ3) is 2.99. The van der Waals surface area contributed by atoms with Crippen LogP contribution in [0.25, 0.3) is 0 Å². The second-order valence-corrected chi connectivity index (χ2v) is 7.54. The largest absolute Gasteiger partial charge is 0.486 e. The van der Waals surface area contributed by atoms with Gasteiger partial charge in [-0.2, -0.15) is 0 Å². The van der Waals surface area contributed by atoms with Crippen molar-refractivity contribution in [2.24, 2.45) is 0 Å². The first-order chi connectivity index (χ1) is 10.7. The van der Waals surface area contributed by atoms with E-state index in [-0.39, 0.29) is 17.8 Å². The number of aliphatic carboxylic acids is 1. The van der Waals surface area contributed by atoms with Crippen molar-refractivity contribution in [2.45, 2.75) is 37.2 Å². The van der Waals surface area contributed by atoms with E-state index in [2.05, 4.69) is 0 Å². The Morgan fingerprint density at radius 3 is 2.83 bits per heavy atom. The fourth-order valence-corrected chi connectivity index (χ4v) is 3.76. The van der Waals surface area contributed by atoms with E-state index in [1.54, 1.807) is 10.8 Å². The van der Waals surface area contributed by atoms with E-state index in [1.165, 1.54) is 6.07 Å². The number of carboxylic acid groups (broad SMARTS) is 1. The zero-order chi connectivity index (χ0) is 16.8. The van der Waals surface area contributed by atoms with Crippen LogP contribution in [0, 0.1) is 0 Å². The first kappa shape index (κ1) is 16.0. The van der Waals surface area contributed by atoms with Gasteiger partial charge in [-0.25, -0.2) is 13.2 Å². The highest BCUT2D eigenvalue weighted by Crippen LogP contribution is 2.50. The average Bonchev–Trinajstić information content (AvgIpc) is 2.97. The average molecular weight is 343 g/mol. The van der Waals surface area contributed by atoms with Crippen LogP contribution in [-0.4, -0.2) is 42.9 Å². The van der Waals surface area contributed by atoms with Gasteiger partial charge in [0.1, 0.15) is 6.10 Å². The van der Waals surface area contributed by atoms with E-state index in [4.69, 9.17) is 14.6 Å². The summed E-state index contributed by atoms with van der Waals surface area (Å²) in [7, 11) is -4.02. The highest BCUT2D eigenvalue weighted by Gasteiger charge is 2.45. The van der Waals surface area contributed by atoms with Gasteiger partial charge >= 0.3 is 11.9 Å². The van der Waals surface area contributed by atoms with E-state index < -0.39 is 21.9 Å². The lowest BCUT2D eigenvalue weighted by atomic mass is 9.97. The number of hydrogen-bond donors (Lipinski definition) is 3. The number of benzene rings is 1. The molecule has 0 aromatic heterocycles. The number of carboxylic acids is 1. The summed E-state index contributed by atoms with van der Waals surface area (Å²) in [6.45, 7) is 0. The van der Waals surface area contributed by atoms with Gasteiger partial charge in [0.05, 0.1) is 6.26 Å². The van der Waals surface area contributed by atoms with Gasteiger partial charge in [-0.05, 0) is 25.3 Å². The summed E-state index contributed by atoms with van der Waals surface area (Å²) >= 11 is 0. The van der Waals surface area contributed by atoms with Gasteiger partial charge in [-0.3, -0.25) is 0 Å². The molecule has 0 amide bonds. The Kier molecular flexibility index (Phi) is 3.74. The maximum atomic E-state index is 11.3. The van der Waals surface area contributed by atoms with Crippen molar-refractivity contribution in [3.05, 3.63) is 23.8 Å². The molecule has 23 heavy (non-hydrogen) atoms. The molecule has 1 heterocycles. The quantitative estimate of drug-likeness (QED) is 0.660. The minimum atomic E-state index is -4.02. The maximum absolute atomic E-state index is 11.3. The van der Waals surface area contributed by atoms with Crippen LogP contribution < -0.4 is 14.2 Å².